The molecule has 2 heterocycles. The minimum Gasteiger partial charge on any atom is -0.390 e. The lowest BCUT2D eigenvalue weighted by Gasteiger charge is -2.26. The van der Waals surface area contributed by atoms with Gasteiger partial charge in [0.05, 0.1) is 12.2 Å². The van der Waals surface area contributed by atoms with E-state index in [1.54, 1.807) is 23.2 Å². The van der Waals surface area contributed by atoms with Crippen LogP contribution >= 0.6 is 0 Å². The Morgan fingerprint density at radius 1 is 1.26 bits per heavy atom. The third-order valence-corrected chi connectivity index (χ3v) is 4.34. The van der Waals surface area contributed by atoms with E-state index in [4.69, 9.17) is 4.84 Å². The van der Waals surface area contributed by atoms with Crippen LogP contribution in [0.3, 0.4) is 0 Å². The van der Waals surface area contributed by atoms with E-state index in [1.165, 1.54) is 12.1 Å². The normalized spacial score (nSPS) is 16.1. The third-order valence-electron chi connectivity index (χ3n) is 4.34. The zero-order chi connectivity index (χ0) is 19.2. The van der Waals surface area contributed by atoms with E-state index in [2.05, 4.69) is 10.1 Å². The van der Waals surface area contributed by atoms with Crippen LogP contribution in [-0.2, 0) is 16.2 Å². The fraction of sp³-hybridized carbons (Fsp3) is 0.381. The van der Waals surface area contributed by atoms with Crippen LogP contribution in [0.1, 0.15) is 37.9 Å². The molecule has 27 heavy (non-hydrogen) atoms. The van der Waals surface area contributed by atoms with Crippen molar-refractivity contribution in [1.82, 2.24) is 9.88 Å². The fourth-order valence-corrected chi connectivity index (χ4v) is 3.00. The number of aromatic nitrogens is 1. The number of amides is 1. The molecule has 1 aliphatic heterocycles. The number of rotatable bonds is 7. The number of carbonyl (C=O) groups excluding carboxylic acids is 1. The van der Waals surface area contributed by atoms with Crippen LogP contribution in [0.5, 0.6) is 0 Å². The second kappa shape index (κ2) is 8.75. The lowest BCUT2D eigenvalue weighted by molar-refractivity contribution is -0.134. The summed E-state index contributed by atoms with van der Waals surface area (Å²) < 4.78 is 13.2. The molecule has 3 rings (SSSR count). The molecule has 5 nitrogen and oxygen atoms in total. The number of oxime groups is 1. The lowest BCUT2D eigenvalue weighted by Crippen LogP contribution is -2.37. The van der Waals surface area contributed by atoms with Gasteiger partial charge in [-0.1, -0.05) is 37.2 Å². The Hall–Kier alpha value is -2.76. The van der Waals surface area contributed by atoms with E-state index in [-0.39, 0.29) is 23.7 Å². The highest BCUT2D eigenvalue weighted by Gasteiger charge is 2.27. The number of nitrogens with zero attached hydrogens (tertiary/aromatic N) is 3. The Balaban J connectivity index is 1.66. The first kappa shape index (κ1) is 19.0. The molecule has 1 aliphatic rings. The van der Waals surface area contributed by atoms with Gasteiger partial charge in [0.1, 0.15) is 11.5 Å². The average molecular weight is 369 g/mol. The number of hydrogen-bond acceptors (Lipinski definition) is 4. The molecule has 0 aliphatic carbocycles. The molecule has 1 unspecified atom stereocenters. The van der Waals surface area contributed by atoms with Crippen LogP contribution in [-0.4, -0.2) is 34.2 Å². The highest BCUT2D eigenvalue weighted by molar-refractivity contribution is 5.99. The smallest absolute Gasteiger partial charge is 0.223 e. The van der Waals surface area contributed by atoms with E-state index < -0.39 is 0 Å². The predicted molar refractivity (Wildman–Crippen MR) is 102 cm³/mol. The van der Waals surface area contributed by atoms with Crippen molar-refractivity contribution in [2.75, 3.05) is 6.54 Å². The lowest BCUT2D eigenvalue weighted by atomic mass is 10.1. The molecule has 0 radical (unpaired) electrons. The summed E-state index contributed by atoms with van der Waals surface area (Å²) in [4.78, 5) is 24.3. The van der Waals surface area contributed by atoms with Gasteiger partial charge in [0.2, 0.25) is 5.91 Å². The standard InChI is InChI=1S/C21H24FN3O2/c1-15(2)11-21(26)25(13-16-6-8-17(22)9-7-16)14-18-12-20(24-27-18)19-5-3-4-10-23-19/h3-10,15,18H,11-14H2,1-2H3. The molecule has 142 valence electrons. The summed E-state index contributed by atoms with van der Waals surface area (Å²) >= 11 is 0. The quantitative estimate of drug-likeness (QED) is 0.746. The summed E-state index contributed by atoms with van der Waals surface area (Å²) in [7, 11) is 0. The molecular formula is C21H24FN3O2. The average Bonchev–Trinajstić information content (AvgIpc) is 3.12. The van der Waals surface area contributed by atoms with Crippen molar-refractivity contribution in [2.45, 2.75) is 39.3 Å². The second-order valence-electron chi connectivity index (χ2n) is 7.18. The summed E-state index contributed by atoms with van der Waals surface area (Å²) in [6.07, 6.45) is 2.57. The van der Waals surface area contributed by atoms with Gasteiger partial charge in [0.15, 0.2) is 6.10 Å². The number of pyridine rings is 1. The van der Waals surface area contributed by atoms with Gasteiger partial charge < -0.3 is 9.74 Å². The third kappa shape index (κ3) is 5.36. The molecule has 0 saturated carbocycles. The van der Waals surface area contributed by atoms with Crippen LogP contribution < -0.4 is 0 Å². The van der Waals surface area contributed by atoms with Gasteiger partial charge in [-0.05, 0) is 35.7 Å². The Morgan fingerprint density at radius 2 is 2.04 bits per heavy atom. The topological polar surface area (TPSA) is 54.8 Å². The zero-order valence-electron chi connectivity index (χ0n) is 15.6. The first-order valence-corrected chi connectivity index (χ1v) is 9.17. The van der Waals surface area contributed by atoms with Gasteiger partial charge in [0, 0.05) is 25.6 Å². The monoisotopic (exact) mass is 369 g/mol. The Kier molecular flexibility index (Phi) is 6.16. The molecule has 6 heteroatoms. The summed E-state index contributed by atoms with van der Waals surface area (Å²) in [6, 6.07) is 11.9. The van der Waals surface area contributed by atoms with Crippen molar-refractivity contribution < 1.29 is 14.0 Å². The van der Waals surface area contributed by atoms with Gasteiger partial charge in [-0.15, -0.1) is 0 Å². The molecule has 0 fully saturated rings. The number of benzene rings is 1. The molecule has 1 aromatic carbocycles. The maximum absolute atomic E-state index is 13.2. The largest absolute Gasteiger partial charge is 0.390 e. The summed E-state index contributed by atoms with van der Waals surface area (Å²) in [5, 5.41) is 4.15. The van der Waals surface area contributed by atoms with Gasteiger partial charge in [-0.2, -0.15) is 0 Å². The minimum atomic E-state index is -0.286. The Labute approximate surface area is 158 Å². The van der Waals surface area contributed by atoms with Crippen molar-refractivity contribution in [3.8, 4) is 0 Å². The van der Waals surface area contributed by atoms with Gasteiger partial charge in [-0.25, -0.2) is 4.39 Å². The van der Waals surface area contributed by atoms with E-state index in [1.807, 2.05) is 32.0 Å². The SMILES string of the molecule is CC(C)CC(=O)N(Cc1ccc(F)cc1)CC1CC(c2ccccn2)=NO1. The molecular weight excluding hydrogens is 345 g/mol. The predicted octanol–water partition coefficient (Wildman–Crippen LogP) is 3.79. The van der Waals surface area contributed by atoms with E-state index in [0.717, 1.165) is 17.0 Å². The minimum absolute atomic E-state index is 0.0595. The summed E-state index contributed by atoms with van der Waals surface area (Å²) in [6.45, 7) is 4.89. The van der Waals surface area contributed by atoms with Crippen molar-refractivity contribution in [3.05, 3.63) is 65.7 Å². The fourth-order valence-electron chi connectivity index (χ4n) is 3.00. The maximum atomic E-state index is 13.2. The summed E-state index contributed by atoms with van der Waals surface area (Å²) in [5.41, 5.74) is 2.47. The van der Waals surface area contributed by atoms with Crippen LogP contribution in [0.4, 0.5) is 4.39 Å². The van der Waals surface area contributed by atoms with E-state index in [0.29, 0.717) is 25.9 Å². The number of carbonyl (C=O) groups is 1. The number of hydrogen-bond donors (Lipinski definition) is 0. The van der Waals surface area contributed by atoms with Gasteiger partial charge in [0.25, 0.3) is 0 Å². The zero-order valence-corrected chi connectivity index (χ0v) is 15.6. The Bertz CT molecular complexity index is 791. The Morgan fingerprint density at radius 3 is 2.70 bits per heavy atom. The molecule has 0 saturated heterocycles. The van der Waals surface area contributed by atoms with Crippen LogP contribution in [0.2, 0.25) is 0 Å². The molecule has 1 amide bonds. The molecule has 0 bridgehead atoms. The van der Waals surface area contributed by atoms with E-state index in [9.17, 15) is 9.18 Å². The highest BCUT2D eigenvalue weighted by atomic mass is 19.1. The molecule has 1 aromatic heterocycles. The van der Waals surface area contributed by atoms with Crippen molar-refractivity contribution in [2.24, 2.45) is 11.1 Å². The van der Waals surface area contributed by atoms with E-state index >= 15 is 0 Å². The molecule has 0 N–H and O–H groups in total. The van der Waals surface area contributed by atoms with Crippen molar-refractivity contribution in [3.63, 3.8) is 0 Å². The number of halogens is 1. The molecule has 1 atom stereocenters. The molecule has 2 aromatic rings. The second-order valence-corrected chi connectivity index (χ2v) is 7.18. The van der Waals surface area contributed by atoms with Crippen LogP contribution in [0.15, 0.2) is 53.8 Å². The van der Waals surface area contributed by atoms with Crippen LogP contribution in [0, 0.1) is 11.7 Å². The first-order chi connectivity index (χ1) is 13.0. The maximum Gasteiger partial charge on any atom is 0.223 e. The van der Waals surface area contributed by atoms with Crippen LogP contribution in [0.25, 0.3) is 0 Å². The molecule has 0 spiro atoms. The van der Waals surface area contributed by atoms with Crippen molar-refractivity contribution in [1.29, 1.82) is 0 Å². The summed E-state index contributed by atoms with van der Waals surface area (Å²) in [5.74, 6) is 0.0357. The van der Waals surface area contributed by atoms with Gasteiger partial charge in [-0.3, -0.25) is 9.78 Å². The van der Waals surface area contributed by atoms with Gasteiger partial charge >= 0.3 is 0 Å². The van der Waals surface area contributed by atoms with Crippen molar-refractivity contribution >= 4 is 11.6 Å². The first-order valence-electron chi connectivity index (χ1n) is 9.17. The highest BCUT2D eigenvalue weighted by Crippen LogP contribution is 2.19.